The SMILES string of the molecule is O=C(NC[C@H]1[C@H]2CN(CC3CCC3)C[C@]23CC[C@H]1O3)c1cscn1. The number of aromatic nitrogens is 1. The minimum atomic E-state index is -0.0441. The summed E-state index contributed by atoms with van der Waals surface area (Å²) in [5, 5.41) is 4.92. The minimum Gasteiger partial charge on any atom is -0.370 e. The molecular weight excluding hydrogens is 322 g/mol. The first-order valence-corrected chi connectivity index (χ1v) is 10.2. The van der Waals surface area contributed by atoms with Crippen molar-refractivity contribution in [1.82, 2.24) is 15.2 Å². The second kappa shape index (κ2) is 5.78. The zero-order valence-corrected chi connectivity index (χ0v) is 14.8. The summed E-state index contributed by atoms with van der Waals surface area (Å²) in [6, 6.07) is 0. The second-order valence-corrected chi connectivity index (χ2v) is 8.82. The molecule has 0 radical (unpaired) electrons. The fourth-order valence-electron chi connectivity index (χ4n) is 5.37. The fraction of sp³-hybridized carbons (Fsp3) is 0.778. The molecule has 6 heteroatoms. The van der Waals surface area contributed by atoms with E-state index in [0.717, 1.165) is 32.0 Å². The van der Waals surface area contributed by atoms with Crippen LogP contribution in [0.2, 0.25) is 0 Å². The van der Waals surface area contributed by atoms with Crippen molar-refractivity contribution in [3.63, 3.8) is 0 Å². The highest BCUT2D eigenvalue weighted by molar-refractivity contribution is 7.07. The van der Waals surface area contributed by atoms with Crippen molar-refractivity contribution < 1.29 is 9.53 Å². The van der Waals surface area contributed by atoms with Crippen molar-refractivity contribution in [3.8, 4) is 0 Å². The highest BCUT2D eigenvalue weighted by Gasteiger charge is 2.62. The second-order valence-electron chi connectivity index (χ2n) is 8.10. The van der Waals surface area contributed by atoms with Crippen molar-refractivity contribution in [2.24, 2.45) is 17.8 Å². The summed E-state index contributed by atoms with van der Waals surface area (Å²) in [5.74, 6) is 1.93. The van der Waals surface area contributed by atoms with E-state index in [4.69, 9.17) is 4.74 Å². The van der Waals surface area contributed by atoms with Gasteiger partial charge >= 0.3 is 0 Å². The highest BCUT2D eigenvalue weighted by Crippen LogP contribution is 2.54. The van der Waals surface area contributed by atoms with Gasteiger partial charge in [-0.2, -0.15) is 0 Å². The number of rotatable bonds is 5. The zero-order valence-electron chi connectivity index (χ0n) is 13.9. The largest absolute Gasteiger partial charge is 0.370 e. The van der Waals surface area contributed by atoms with E-state index in [1.54, 1.807) is 5.51 Å². The number of nitrogens with one attached hydrogen (secondary N) is 1. The highest BCUT2D eigenvalue weighted by atomic mass is 32.1. The normalized spacial score (nSPS) is 38.2. The van der Waals surface area contributed by atoms with E-state index in [1.165, 1.54) is 43.6 Å². The Labute approximate surface area is 146 Å². The lowest BCUT2D eigenvalue weighted by molar-refractivity contribution is 0.000541. The molecule has 2 bridgehead atoms. The van der Waals surface area contributed by atoms with E-state index in [0.29, 0.717) is 23.6 Å². The molecule has 5 nitrogen and oxygen atoms in total. The predicted molar refractivity (Wildman–Crippen MR) is 92.0 cm³/mol. The van der Waals surface area contributed by atoms with Gasteiger partial charge in [-0.05, 0) is 31.6 Å². The first-order chi connectivity index (χ1) is 11.7. The molecule has 1 aliphatic carbocycles. The van der Waals surface area contributed by atoms with Crippen LogP contribution >= 0.6 is 11.3 Å². The van der Waals surface area contributed by atoms with Crippen molar-refractivity contribution in [3.05, 3.63) is 16.6 Å². The van der Waals surface area contributed by atoms with Gasteiger partial charge in [0.1, 0.15) is 5.69 Å². The van der Waals surface area contributed by atoms with Gasteiger partial charge in [0, 0.05) is 43.4 Å². The maximum Gasteiger partial charge on any atom is 0.270 e. The summed E-state index contributed by atoms with van der Waals surface area (Å²) < 4.78 is 6.48. The monoisotopic (exact) mass is 347 g/mol. The maximum absolute atomic E-state index is 12.2. The molecule has 3 saturated heterocycles. The number of thiazole rings is 1. The fourth-order valence-corrected chi connectivity index (χ4v) is 5.90. The Balaban J connectivity index is 1.23. The van der Waals surface area contributed by atoms with Gasteiger partial charge in [0.05, 0.1) is 17.2 Å². The predicted octanol–water partition coefficient (Wildman–Crippen LogP) is 2.15. The standard InChI is InChI=1S/C18H25N3O2S/c22-17(15-9-24-11-20-15)19-6-13-14-8-21(7-12-2-1-3-12)10-18(14)5-4-16(13)23-18/h9,11-14,16H,1-8,10H2,(H,19,22)/t13-,14+,16+,18+/m0/s1. The van der Waals surface area contributed by atoms with Gasteiger partial charge in [-0.3, -0.25) is 9.69 Å². The van der Waals surface area contributed by atoms with Crippen LogP contribution in [-0.2, 0) is 4.74 Å². The van der Waals surface area contributed by atoms with Crippen LogP contribution in [0.1, 0.15) is 42.6 Å². The van der Waals surface area contributed by atoms with Gasteiger partial charge in [0.2, 0.25) is 0 Å². The van der Waals surface area contributed by atoms with Gasteiger partial charge in [-0.15, -0.1) is 11.3 Å². The Morgan fingerprint density at radius 3 is 3.12 bits per heavy atom. The Morgan fingerprint density at radius 2 is 2.38 bits per heavy atom. The van der Waals surface area contributed by atoms with Gasteiger partial charge in [0.15, 0.2) is 0 Å². The molecule has 1 amide bonds. The Hall–Kier alpha value is -0.980. The lowest BCUT2D eigenvalue weighted by Gasteiger charge is -2.31. The maximum atomic E-state index is 12.2. The topological polar surface area (TPSA) is 54.5 Å². The van der Waals surface area contributed by atoms with E-state index in [2.05, 4.69) is 15.2 Å². The summed E-state index contributed by atoms with van der Waals surface area (Å²) in [7, 11) is 0. The number of carbonyl (C=O) groups is 1. The Kier molecular flexibility index (Phi) is 3.68. The number of ether oxygens (including phenoxy) is 1. The molecule has 24 heavy (non-hydrogen) atoms. The van der Waals surface area contributed by atoms with E-state index in [-0.39, 0.29) is 11.5 Å². The summed E-state index contributed by atoms with van der Waals surface area (Å²) in [5.41, 5.74) is 2.33. The third-order valence-electron chi connectivity index (χ3n) is 6.76. The molecule has 4 heterocycles. The molecule has 4 atom stereocenters. The van der Waals surface area contributed by atoms with Gasteiger partial charge in [-0.25, -0.2) is 4.98 Å². The number of hydrogen-bond donors (Lipinski definition) is 1. The first kappa shape index (κ1) is 15.3. The van der Waals surface area contributed by atoms with Crippen molar-refractivity contribution in [2.45, 2.75) is 43.8 Å². The molecular formula is C18H25N3O2S. The van der Waals surface area contributed by atoms with E-state index >= 15 is 0 Å². The molecule has 1 N–H and O–H groups in total. The van der Waals surface area contributed by atoms with Crippen LogP contribution in [0, 0.1) is 17.8 Å². The van der Waals surface area contributed by atoms with Crippen LogP contribution in [-0.4, -0.2) is 53.7 Å². The van der Waals surface area contributed by atoms with Crippen molar-refractivity contribution in [1.29, 1.82) is 0 Å². The third kappa shape index (κ3) is 2.42. The molecule has 4 aliphatic rings. The van der Waals surface area contributed by atoms with Crippen molar-refractivity contribution in [2.75, 3.05) is 26.2 Å². The Morgan fingerprint density at radius 1 is 1.46 bits per heavy atom. The summed E-state index contributed by atoms with van der Waals surface area (Å²) in [4.78, 5) is 18.9. The average molecular weight is 347 g/mol. The number of nitrogens with zero attached hydrogens (tertiary/aromatic N) is 2. The zero-order chi connectivity index (χ0) is 16.1. The quantitative estimate of drug-likeness (QED) is 0.887. The smallest absolute Gasteiger partial charge is 0.270 e. The van der Waals surface area contributed by atoms with Crippen LogP contribution in [0.4, 0.5) is 0 Å². The molecule has 3 aliphatic heterocycles. The van der Waals surface area contributed by atoms with Crippen LogP contribution in [0.5, 0.6) is 0 Å². The number of amides is 1. The molecule has 1 aromatic heterocycles. The summed E-state index contributed by atoms with van der Waals surface area (Å²) >= 11 is 1.46. The van der Waals surface area contributed by atoms with Gasteiger partial charge in [0.25, 0.3) is 5.91 Å². The number of hydrogen-bond acceptors (Lipinski definition) is 5. The van der Waals surface area contributed by atoms with Crippen LogP contribution in [0.15, 0.2) is 10.9 Å². The Bertz CT molecular complexity index is 618. The van der Waals surface area contributed by atoms with E-state index in [1.807, 2.05) is 5.38 Å². The molecule has 1 saturated carbocycles. The van der Waals surface area contributed by atoms with Gasteiger partial charge in [-0.1, -0.05) is 6.42 Å². The van der Waals surface area contributed by atoms with Crippen LogP contribution in [0.25, 0.3) is 0 Å². The first-order valence-electron chi connectivity index (χ1n) is 9.30. The molecule has 5 rings (SSSR count). The lowest BCUT2D eigenvalue weighted by atomic mass is 9.73. The van der Waals surface area contributed by atoms with Crippen molar-refractivity contribution >= 4 is 17.2 Å². The molecule has 4 fully saturated rings. The molecule has 0 aromatic carbocycles. The number of carbonyl (C=O) groups excluding carboxylic acids is 1. The molecule has 0 unspecified atom stereocenters. The summed E-state index contributed by atoms with van der Waals surface area (Å²) in [6.07, 6.45) is 6.94. The van der Waals surface area contributed by atoms with Crippen LogP contribution < -0.4 is 5.32 Å². The van der Waals surface area contributed by atoms with Gasteiger partial charge < -0.3 is 10.1 Å². The molecule has 130 valence electrons. The minimum absolute atomic E-state index is 0.0441. The summed E-state index contributed by atoms with van der Waals surface area (Å²) in [6.45, 7) is 4.25. The molecule has 1 aromatic rings. The third-order valence-corrected chi connectivity index (χ3v) is 7.35. The number of likely N-dealkylation sites (tertiary alicyclic amines) is 1. The van der Waals surface area contributed by atoms with Crippen LogP contribution in [0.3, 0.4) is 0 Å². The number of fused-ring (bicyclic) bond motifs is 1. The van der Waals surface area contributed by atoms with E-state index < -0.39 is 0 Å². The average Bonchev–Trinajstić information content (AvgIpc) is 3.27. The van der Waals surface area contributed by atoms with E-state index in [9.17, 15) is 4.79 Å². The molecule has 1 spiro atoms. The lowest BCUT2D eigenvalue weighted by Crippen LogP contribution is -2.42.